The number of hydrogen-bond donors (Lipinski definition) is 1. The molecule has 0 bridgehead atoms. The Morgan fingerprint density at radius 1 is 1.18 bits per heavy atom. The molecular weight excluding hydrogens is 290 g/mol. The van der Waals surface area contributed by atoms with Gasteiger partial charge in [-0.1, -0.05) is 0 Å². The summed E-state index contributed by atoms with van der Waals surface area (Å²) in [4.78, 5) is 25.2. The lowest BCUT2D eigenvalue weighted by atomic mass is 10.1. The van der Waals surface area contributed by atoms with Gasteiger partial charge in [0.2, 0.25) is 0 Å². The largest absolute Gasteiger partial charge is 0.486 e. The van der Waals surface area contributed by atoms with Gasteiger partial charge in [0.25, 0.3) is 5.91 Å². The average molecular weight is 307 g/mol. The van der Waals surface area contributed by atoms with Crippen molar-refractivity contribution in [1.82, 2.24) is 4.90 Å². The van der Waals surface area contributed by atoms with Gasteiger partial charge in [0, 0.05) is 12.1 Å². The SMILES string of the molecule is C[C@@H]1CN(C(=O)c2ccc3c(c2)OCCO3)CC(C(=O)O)O1. The third kappa shape index (κ3) is 2.85. The molecule has 0 aliphatic carbocycles. The number of ether oxygens (including phenoxy) is 3. The van der Waals surface area contributed by atoms with Crippen molar-refractivity contribution in [3.8, 4) is 11.5 Å². The first-order chi connectivity index (χ1) is 10.5. The predicted octanol–water partition coefficient (Wildman–Crippen LogP) is 0.772. The fourth-order valence-electron chi connectivity index (χ4n) is 2.61. The monoisotopic (exact) mass is 307 g/mol. The molecule has 1 amide bonds. The van der Waals surface area contributed by atoms with Crippen molar-refractivity contribution in [2.24, 2.45) is 0 Å². The first-order valence-electron chi connectivity index (χ1n) is 7.12. The van der Waals surface area contributed by atoms with Gasteiger partial charge in [-0.25, -0.2) is 4.79 Å². The number of carboxylic acid groups (broad SMARTS) is 1. The summed E-state index contributed by atoms with van der Waals surface area (Å²) in [7, 11) is 0. The number of carbonyl (C=O) groups excluding carboxylic acids is 1. The van der Waals surface area contributed by atoms with E-state index in [1.165, 1.54) is 4.90 Å². The minimum absolute atomic E-state index is 0.0347. The van der Waals surface area contributed by atoms with E-state index in [4.69, 9.17) is 19.3 Å². The van der Waals surface area contributed by atoms with E-state index in [2.05, 4.69) is 0 Å². The van der Waals surface area contributed by atoms with Crippen LogP contribution in [0.4, 0.5) is 0 Å². The zero-order valence-electron chi connectivity index (χ0n) is 12.2. The van der Waals surface area contributed by atoms with Crippen molar-refractivity contribution >= 4 is 11.9 Å². The second kappa shape index (κ2) is 5.84. The number of aliphatic carboxylic acids is 1. The van der Waals surface area contributed by atoms with Crippen LogP contribution < -0.4 is 9.47 Å². The van der Waals surface area contributed by atoms with Gasteiger partial charge in [-0.15, -0.1) is 0 Å². The maximum atomic E-state index is 12.6. The van der Waals surface area contributed by atoms with Crippen LogP contribution in [0.5, 0.6) is 11.5 Å². The molecule has 0 aromatic heterocycles. The molecule has 3 rings (SSSR count). The molecule has 1 unspecified atom stereocenters. The number of morpholine rings is 1. The fraction of sp³-hybridized carbons (Fsp3) is 0.467. The summed E-state index contributed by atoms with van der Waals surface area (Å²) < 4.78 is 16.2. The first-order valence-corrected chi connectivity index (χ1v) is 7.12. The average Bonchev–Trinajstić information content (AvgIpc) is 2.53. The fourth-order valence-corrected chi connectivity index (χ4v) is 2.61. The zero-order valence-corrected chi connectivity index (χ0v) is 12.2. The molecule has 0 radical (unpaired) electrons. The van der Waals surface area contributed by atoms with Crippen molar-refractivity contribution in [3.05, 3.63) is 23.8 Å². The normalized spacial score (nSPS) is 24.0. The molecular formula is C15H17NO6. The summed E-state index contributed by atoms with van der Waals surface area (Å²) in [6.07, 6.45) is -1.32. The van der Waals surface area contributed by atoms with Crippen molar-refractivity contribution in [2.75, 3.05) is 26.3 Å². The van der Waals surface area contributed by atoms with Crippen molar-refractivity contribution in [2.45, 2.75) is 19.1 Å². The van der Waals surface area contributed by atoms with E-state index in [-0.39, 0.29) is 18.6 Å². The Balaban J connectivity index is 1.79. The summed E-state index contributed by atoms with van der Waals surface area (Å²) in [5.74, 6) is -0.153. The van der Waals surface area contributed by atoms with E-state index in [1.807, 2.05) is 0 Å². The third-order valence-corrected chi connectivity index (χ3v) is 3.61. The van der Waals surface area contributed by atoms with Crippen LogP contribution >= 0.6 is 0 Å². The number of nitrogens with zero attached hydrogens (tertiary/aromatic N) is 1. The molecule has 2 atom stereocenters. The van der Waals surface area contributed by atoms with E-state index in [0.717, 1.165) is 0 Å². The van der Waals surface area contributed by atoms with Crippen LogP contribution in [0.25, 0.3) is 0 Å². The van der Waals surface area contributed by atoms with E-state index in [9.17, 15) is 9.59 Å². The van der Waals surface area contributed by atoms with E-state index < -0.39 is 12.1 Å². The molecule has 2 aliphatic heterocycles. The van der Waals surface area contributed by atoms with Crippen molar-refractivity contribution in [1.29, 1.82) is 0 Å². The topological polar surface area (TPSA) is 85.3 Å². The third-order valence-electron chi connectivity index (χ3n) is 3.61. The molecule has 118 valence electrons. The number of amides is 1. The van der Waals surface area contributed by atoms with Gasteiger partial charge >= 0.3 is 5.97 Å². The van der Waals surface area contributed by atoms with Gasteiger partial charge in [0.05, 0.1) is 12.6 Å². The summed E-state index contributed by atoms with van der Waals surface area (Å²) in [6.45, 7) is 3.07. The smallest absolute Gasteiger partial charge is 0.334 e. The van der Waals surface area contributed by atoms with Gasteiger partial charge in [0.15, 0.2) is 17.6 Å². The summed E-state index contributed by atoms with van der Waals surface area (Å²) in [6, 6.07) is 4.98. The molecule has 22 heavy (non-hydrogen) atoms. The Bertz CT molecular complexity index is 602. The summed E-state index contributed by atoms with van der Waals surface area (Å²) >= 11 is 0. The molecule has 1 saturated heterocycles. The van der Waals surface area contributed by atoms with Crippen LogP contribution in [0.1, 0.15) is 17.3 Å². The van der Waals surface area contributed by atoms with Gasteiger partial charge in [0.1, 0.15) is 13.2 Å². The second-order valence-corrected chi connectivity index (χ2v) is 5.34. The van der Waals surface area contributed by atoms with E-state index >= 15 is 0 Å². The number of carboxylic acids is 1. The number of benzene rings is 1. The number of rotatable bonds is 2. The molecule has 2 aliphatic rings. The lowest BCUT2D eigenvalue weighted by Crippen LogP contribution is -2.51. The van der Waals surface area contributed by atoms with Crippen molar-refractivity contribution < 1.29 is 28.9 Å². The summed E-state index contributed by atoms with van der Waals surface area (Å²) in [5.41, 5.74) is 0.447. The van der Waals surface area contributed by atoms with Gasteiger partial charge < -0.3 is 24.2 Å². The lowest BCUT2D eigenvalue weighted by molar-refractivity contribution is -0.160. The van der Waals surface area contributed by atoms with Crippen LogP contribution in [0.3, 0.4) is 0 Å². The molecule has 0 saturated carbocycles. The minimum Gasteiger partial charge on any atom is -0.486 e. The van der Waals surface area contributed by atoms with Gasteiger partial charge in [-0.05, 0) is 25.1 Å². The molecule has 2 heterocycles. The van der Waals surface area contributed by atoms with E-state index in [1.54, 1.807) is 25.1 Å². The first kappa shape index (κ1) is 14.6. The number of hydrogen-bond acceptors (Lipinski definition) is 5. The van der Waals surface area contributed by atoms with Crippen LogP contribution in [-0.4, -0.2) is 60.4 Å². The molecule has 1 N–H and O–H groups in total. The Labute approximate surface area is 127 Å². The highest BCUT2D eigenvalue weighted by Gasteiger charge is 2.33. The predicted molar refractivity (Wildman–Crippen MR) is 75.3 cm³/mol. The Morgan fingerprint density at radius 3 is 2.64 bits per heavy atom. The number of fused-ring (bicyclic) bond motifs is 1. The summed E-state index contributed by atoms with van der Waals surface area (Å²) in [5, 5.41) is 9.08. The minimum atomic E-state index is -1.06. The standard InChI is InChI=1S/C15H17NO6/c1-9-7-16(8-13(22-9)15(18)19)14(17)10-2-3-11-12(6-10)21-5-4-20-11/h2-3,6,9,13H,4-5,7-8H2,1H3,(H,18,19)/t9-,13?/m1/s1. The maximum absolute atomic E-state index is 12.6. The molecule has 0 spiro atoms. The molecule has 1 aromatic rings. The molecule has 1 fully saturated rings. The quantitative estimate of drug-likeness (QED) is 0.869. The van der Waals surface area contributed by atoms with Crippen LogP contribution in [0.15, 0.2) is 18.2 Å². The van der Waals surface area contributed by atoms with Crippen LogP contribution in [0, 0.1) is 0 Å². The lowest BCUT2D eigenvalue weighted by Gasteiger charge is -2.35. The highest BCUT2D eigenvalue weighted by Crippen LogP contribution is 2.31. The zero-order chi connectivity index (χ0) is 15.7. The van der Waals surface area contributed by atoms with Crippen LogP contribution in [-0.2, 0) is 9.53 Å². The Hall–Kier alpha value is -2.28. The highest BCUT2D eigenvalue weighted by molar-refractivity contribution is 5.95. The van der Waals surface area contributed by atoms with Gasteiger partial charge in [-0.2, -0.15) is 0 Å². The molecule has 1 aromatic carbocycles. The van der Waals surface area contributed by atoms with Crippen LogP contribution in [0.2, 0.25) is 0 Å². The number of carbonyl (C=O) groups is 2. The Morgan fingerprint density at radius 2 is 1.91 bits per heavy atom. The van der Waals surface area contributed by atoms with E-state index in [0.29, 0.717) is 36.8 Å². The molecule has 7 nitrogen and oxygen atoms in total. The maximum Gasteiger partial charge on any atom is 0.334 e. The van der Waals surface area contributed by atoms with Crippen molar-refractivity contribution in [3.63, 3.8) is 0 Å². The molecule has 7 heteroatoms. The second-order valence-electron chi connectivity index (χ2n) is 5.34. The Kier molecular flexibility index (Phi) is 3.89. The highest BCUT2D eigenvalue weighted by atomic mass is 16.6. The van der Waals surface area contributed by atoms with Gasteiger partial charge in [-0.3, -0.25) is 4.79 Å².